The van der Waals surface area contributed by atoms with Crippen LogP contribution in [0, 0.1) is 39.4 Å². The van der Waals surface area contributed by atoms with Crippen LogP contribution in [0.25, 0.3) is 0 Å². The second kappa shape index (κ2) is 7.75. The zero-order valence-electron chi connectivity index (χ0n) is 21.9. The molecule has 0 aromatic rings. The molecule has 4 rings (SSSR count). The predicted octanol–water partition coefficient (Wildman–Crippen LogP) is 8.48. The smallest absolute Gasteiger partial charge is 0.0594 e. The number of rotatable bonds is 4. The number of aliphatic hydroxyl groups excluding tert-OH is 1. The van der Waals surface area contributed by atoms with Crippen LogP contribution in [0.15, 0.2) is 22.8 Å². The van der Waals surface area contributed by atoms with Gasteiger partial charge in [0.15, 0.2) is 0 Å². The minimum absolute atomic E-state index is 0.0465. The monoisotopic (exact) mass is 426 g/mol. The molecule has 0 aromatic heterocycles. The molecule has 7 atom stereocenters. The van der Waals surface area contributed by atoms with Gasteiger partial charge in [-0.3, -0.25) is 0 Å². The van der Waals surface area contributed by atoms with Crippen molar-refractivity contribution < 1.29 is 5.11 Å². The van der Waals surface area contributed by atoms with Gasteiger partial charge in [0.05, 0.1) is 6.10 Å². The molecule has 0 aromatic carbocycles. The summed E-state index contributed by atoms with van der Waals surface area (Å²) in [5.41, 5.74) is 6.41. The number of aliphatic hydroxyl groups is 1. The van der Waals surface area contributed by atoms with Crippen molar-refractivity contribution in [3.8, 4) is 0 Å². The second-order valence-electron chi connectivity index (χ2n) is 13.6. The molecule has 4 aliphatic carbocycles. The molecule has 0 spiro atoms. The lowest BCUT2D eigenvalue weighted by molar-refractivity contribution is -0.0962. The van der Waals surface area contributed by atoms with E-state index >= 15 is 0 Å². The first-order valence-electron chi connectivity index (χ1n) is 13.4. The summed E-state index contributed by atoms with van der Waals surface area (Å²) < 4.78 is 0. The molecule has 2 saturated carbocycles. The maximum Gasteiger partial charge on any atom is 0.0594 e. The van der Waals surface area contributed by atoms with Gasteiger partial charge in [-0.15, -0.1) is 0 Å². The zero-order valence-corrected chi connectivity index (χ0v) is 21.9. The fourth-order valence-electron chi connectivity index (χ4n) is 9.47. The normalized spacial score (nSPS) is 44.9. The van der Waals surface area contributed by atoms with Crippen molar-refractivity contribution in [2.45, 2.75) is 126 Å². The molecule has 1 heteroatoms. The highest BCUT2D eigenvalue weighted by molar-refractivity contribution is 5.38. The minimum atomic E-state index is -0.130. The van der Waals surface area contributed by atoms with Crippen LogP contribution in [0.5, 0.6) is 0 Å². The van der Waals surface area contributed by atoms with E-state index in [0.717, 1.165) is 18.3 Å². The Bertz CT molecular complexity index is 767. The third kappa shape index (κ3) is 3.34. The van der Waals surface area contributed by atoms with E-state index in [-0.39, 0.29) is 11.5 Å². The van der Waals surface area contributed by atoms with E-state index in [0.29, 0.717) is 22.2 Å². The van der Waals surface area contributed by atoms with Crippen molar-refractivity contribution in [3.05, 3.63) is 22.8 Å². The lowest BCUT2D eigenvalue weighted by atomic mass is 9.43. The Morgan fingerprint density at radius 3 is 2.35 bits per heavy atom. The Kier molecular flexibility index (Phi) is 5.90. The maximum atomic E-state index is 10.8. The first-order chi connectivity index (χ1) is 14.4. The first kappa shape index (κ1) is 23.6. The number of fused-ring (bicyclic) bond motifs is 4. The van der Waals surface area contributed by atoms with Crippen molar-refractivity contribution in [1.82, 2.24) is 0 Å². The first-order valence-corrected chi connectivity index (χ1v) is 13.4. The van der Waals surface area contributed by atoms with Crippen molar-refractivity contribution in [1.29, 1.82) is 0 Å². The molecular formula is C30H50O. The molecule has 0 amide bonds. The topological polar surface area (TPSA) is 20.2 Å². The molecule has 4 aliphatic rings. The van der Waals surface area contributed by atoms with Gasteiger partial charge in [-0.05, 0) is 117 Å². The van der Waals surface area contributed by atoms with Crippen LogP contribution < -0.4 is 0 Å². The molecular weight excluding hydrogens is 376 g/mol. The van der Waals surface area contributed by atoms with Crippen LogP contribution in [0.3, 0.4) is 0 Å². The van der Waals surface area contributed by atoms with Gasteiger partial charge >= 0.3 is 0 Å². The van der Waals surface area contributed by atoms with Crippen LogP contribution in [0.4, 0.5) is 0 Å². The van der Waals surface area contributed by atoms with Crippen molar-refractivity contribution in [2.24, 2.45) is 39.4 Å². The third-order valence-electron chi connectivity index (χ3n) is 11.7. The highest BCUT2D eigenvalue weighted by atomic mass is 16.3. The van der Waals surface area contributed by atoms with Crippen molar-refractivity contribution in [3.63, 3.8) is 0 Å². The van der Waals surface area contributed by atoms with E-state index < -0.39 is 0 Å². The summed E-state index contributed by atoms with van der Waals surface area (Å²) in [6.07, 6.45) is 15.2. The quantitative estimate of drug-likeness (QED) is 0.447. The minimum Gasteiger partial charge on any atom is -0.393 e. The van der Waals surface area contributed by atoms with E-state index in [4.69, 9.17) is 0 Å². The summed E-state index contributed by atoms with van der Waals surface area (Å²) in [5, 5.41) is 10.8. The molecule has 176 valence electrons. The Morgan fingerprint density at radius 2 is 1.68 bits per heavy atom. The Hall–Kier alpha value is -0.560. The summed E-state index contributed by atoms with van der Waals surface area (Å²) in [7, 11) is 0. The van der Waals surface area contributed by atoms with E-state index in [1.165, 1.54) is 63.4 Å². The summed E-state index contributed by atoms with van der Waals surface area (Å²) in [4.78, 5) is 0. The molecule has 0 saturated heterocycles. The van der Waals surface area contributed by atoms with E-state index in [2.05, 4.69) is 61.5 Å². The average molecular weight is 427 g/mol. The number of hydrogen-bond donors (Lipinski definition) is 1. The Labute approximate surface area is 193 Å². The largest absolute Gasteiger partial charge is 0.393 e. The molecule has 31 heavy (non-hydrogen) atoms. The van der Waals surface area contributed by atoms with Crippen LogP contribution in [-0.4, -0.2) is 11.2 Å². The van der Waals surface area contributed by atoms with Gasteiger partial charge in [0.2, 0.25) is 0 Å². The van der Waals surface area contributed by atoms with Crippen LogP contribution >= 0.6 is 0 Å². The van der Waals surface area contributed by atoms with Gasteiger partial charge in [-0.1, -0.05) is 64.3 Å². The van der Waals surface area contributed by atoms with Gasteiger partial charge < -0.3 is 5.11 Å². The molecule has 0 bridgehead atoms. The van der Waals surface area contributed by atoms with Crippen LogP contribution in [-0.2, 0) is 0 Å². The maximum absolute atomic E-state index is 10.8. The molecule has 1 nitrogen and oxygen atoms in total. The number of hydrogen-bond acceptors (Lipinski definition) is 1. The van der Waals surface area contributed by atoms with Crippen molar-refractivity contribution >= 4 is 0 Å². The lowest BCUT2D eigenvalue weighted by Crippen LogP contribution is -2.55. The fourth-order valence-corrected chi connectivity index (χ4v) is 9.47. The van der Waals surface area contributed by atoms with E-state index in [1.807, 2.05) is 11.1 Å². The highest BCUT2D eigenvalue weighted by Gasteiger charge is 2.63. The zero-order chi connectivity index (χ0) is 22.8. The summed E-state index contributed by atoms with van der Waals surface area (Å²) in [6.45, 7) is 19.6. The second-order valence-corrected chi connectivity index (χ2v) is 13.6. The van der Waals surface area contributed by atoms with Crippen LogP contribution in [0.2, 0.25) is 0 Å². The van der Waals surface area contributed by atoms with Gasteiger partial charge in [-0.25, -0.2) is 0 Å². The molecule has 0 radical (unpaired) electrons. The number of allylic oxidation sites excluding steroid dienone is 4. The van der Waals surface area contributed by atoms with E-state index in [9.17, 15) is 5.11 Å². The summed E-state index contributed by atoms with van der Waals surface area (Å²) in [5.74, 6) is 2.32. The fraction of sp³-hybridized carbons (Fsp3) is 0.867. The van der Waals surface area contributed by atoms with Gasteiger partial charge in [0.1, 0.15) is 0 Å². The van der Waals surface area contributed by atoms with E-state index in [1.54, 1.807) is 0 Å². The molecule has 0 heterocycles. The average Bonchev–Trinajstić information content (AvgIpc) is 2.96. The highest BCUT2D eigenvalue weighted by Crippen LogP contribution is 2.72. The lowest BCUT2D eigenvalue weighted by Gasteiger charge is -2.62. The van der Waals surface area contributed by atoms with Gasteiger partial charge in [-0.2, -0.15) is 0 Å². The molecule has 2 fully saturated rings. The molecule has 2 unspecified atom stereocenters. The standard InChI is InChI=1S/C30H50O/c1-20(2)10-9-11-21(3)22-14-18-30(8)24-12-13-25-27(4,5)26(31)16-17-28(25,6)23(24)15-19-29(22,30)7/h10,21-22,25-26,31H,9,11-19H2,1-8H3/t21-,22?,25+,26?,28-,29-,30+/m1/s1. The van der Waals surface area contributed by atoms with Gasteiger partial charge in [0.25, 0.3) is 0 Å². The Morgan fingerprint density at radius 1 is 0.968 bits per heavy atom. The van der Waals surface area contributed by atoms with Gasteiger partial charge in [0, 0.05) is 0 Å². The van der Waals surface area contributed by atoms with Crippen molar-refractivity contribution in [2.75, 3.05) is 0 Å². The molecule has 0 aliphatic heterocycles. The Balaban J connectivity index is 1.65. The summed E-state index contributed by atoms with van der Waals surface area (Å²) in [6, 6.07) is 0. The molecule has 1 N–H and O–H groups in total. The SMILES string of the molecule is CC(C)=CCC[C@@H](C)C1CC[C@@]2(C)C3=C(CC[C@]12C)[C@@]1(C)CCC(O)C(C)(C)[C@@H]1CC3. The summed E-state index contributed by atoms with van der Waals surface area (Å²) >= 11 is 0. The third-order valence-corrected chi connectivity index (χ3v) is 11.7. The predicted molar refractivity (Wildman–Crippen MR) is 133 cm³/mol. The van der Waals surface area contributed by atoms with Crippen LogP contribution in [0.1, 0.15) is 120 Å².